The molecule has 1 atom stereocenters. The zero-order chi connectivity index (χ0) is 22.6. The highest BCUT2D eigenvalue weighted by molar-refractivity contribution is 7.91. The molecule has 9 heteroatoms. The van der Waals surface area contributed by atoms with Crippen LogP contribution in [0, 0.1) is 0 Å². The summed E-state index contributed by atoms with van der Waals surface area (Å²) >= 11 is 0. The van der Waals surface area contributed by atoms with E-state index in [-0.39, 0.29) is 24.0 Å². The standard InChI is InChI=1S/C22H27NO7S/c1-27-18-7-5-6-16(12-18)22(24)23(17-8-9-31(25,26)14-17)13-15-10-19(28-2)21(30-4)20(11-15)29-3/h5-7,10-12,17H,8-9,13-14H2,1-4H3/t17-/m1/s1. The van der Waals surface area contributed by atoms with E-state index in [4.69, 9.17) is 18.9 Å². The van der Waals surface area contributed by atoms with Crippen LogP contribution in [-0.2, 0) is 16.4 Å². The third-order valence-corrected chi connectivity index (χ3v) is 7.05. The van der Waals surface area contributed by atoms with E-state index in [9.17, 15) is 13.2 Å². The van der Waals surface area contributed by atoms with Crippen molar-refractivity contribution < 1.29 is 32.2 Å². The van der Waals surface area contributed by atoms with Crippen molar-refractivity contribution in [3.63, 3.8) is 0 Å². The van der Waals surface area contributed by atoms with Crippen LogP contribution in [0.1, 0.15) is 22.3 Å². The van der Waals surface area contributed by atoms with Gasteiger partial charge in [-0.05, 0) is 42.3 Å². The maximum absolute atomic E-state index is 13.4. The van der Waals surface area contributed by atoms with Gasteiger partial charge in [-0.2, -0.15) is 0 Å². The van der Waals surface area contributed by atoms with Gasteiger partial charge in [0.1, 0.15) is 5.75 Å². The van der Waals surface area contributed by atoms with Crippen molar-refractivity contribution in [1.82, 2.24) is 4.90 Å². The number of carbonyl (C=O) groups excluding carboxylic acids is 1. The van der Waals surface area contributed by atoms with Crippen LogP contribution in [-0.4, -0.2) is 65.2 Å². The van der Waals surface area contributed by atoms with Gasteiger partial charge < -0.3 is 23.8 Å². The Morgan fingerprint density at radius 1 is 1.00 bits per heavy atom. The molecule has 0 unspecified atom stereocenters. The fourth-order valence-electron chi connectivity index (χ4n) is 3.73. The van der Waals surface area contributed by atoms with Crippen LogP contribution >= 0.6 is 0 Å². The van der Waals surface area contributed by atoms with Crippen LogP contribution in [0.25, 0.3) is 0 Å². The Hall–Kier alpha value is -2.94. The molecule has 0 radical (unpaired) electrons. The number of ether oxygens (including phenoxy) is 4. The number of hydrogen-bond donors (Lipinski definition) is 0. The van der Waals surface area contributed by atoms with E-state index >= 15 is 0 Å². The molecule has 0 aliphatic carbocycles. The van der Waals surface area contributed by atoms with E-state index in [0.717, 1.165) is 5.56 Å². The van der Waals surface area contributed by atoms with Gasteiger partial charge in [0.25, 0.3) is 5.91 Å². The van der Waals surface area contributed by atoms with Crippen molar-refractivity contribution in [1.29, 1.82) is 0 Å². The minimum atomic E-state index is -3.19. The van der Waals surface area contributed by atoms with Crippen molar-refractivity contribution in [2.75, 3.05) is 39.9 Å². The second-order valence-electron chi connectivity index (χ2n) is 7.26. The lowest BCUT2D eigenvalue weighted by atomic mass is 10.1. The first-order valence-electron chi connectivity index (χ1n) is 9.76. The smallest absolute Gasteiger partial charge is 0.254 e. The molecule has 0 saturated carbocycles. The molecule has 0 bridgehead atoms. The molecule has 1 aliphatic heterocycles. The van der Waals surface area contributed by atoms with E-state index in [1.165, 1.54) is 28.4 Å². The lowest BCUT2D eigenvalue weighted by Crippen LogP contribution is -2.40. The third-order valence-electron chi connectivity index (χ3n) is 5.30. The van der Waals surface area contributed by atoms with Crippen molar-refractivity contribution >= 4 is 15.7 Å². The minimum absolute atomic E-state index is 0.0624. The second-order valence-corrected chi connectivity index (χ2v) is 9.48. The number of sulfone groups is 1. The number of rotatable bonds is 8. The Morgan fingerprint density at radius 2 is 1.68 bits per heavy atom. The Kier molecular flexibility index (Phi) is 6.94. The van der Waals surface area contributed by atoms with Crippen LogP contribution in [0.2, 0.25) is 0 Å². The molecule has 1 amide bonds. The molecule has 8 nitrogen and oxygen atoms in total. The normalized spacial score (nSPS) is 17.1. The molecule has 0 N–H and O–H groups in total. The summed E-state index contributed by atoms with van der Waals surface area (Å²) in [5, 5.41) is 0. The van der Waals surface area contributed by atoms with E-state index in [0.29, 0.717) is 35.0 Å². The van der Waals surface area contributed by atoms with Gasteiger partial charge in [-0.15, -0.1) is 0 Å². The SMILES string of the molecule is COc1cccc(C(=O)N(Cc2cc(OC)c(OC)c(OC)c2)[C@@H]2CCS(=O)(=O)C2)c1. The van der Waals surface area contributed by atoms with Gasteiger partial charge in [0, 0.05) is 18.2 Å². The molecule has 0 aromatic heterocycles. The molecule has 1 saturated heterocycles. The van der Waals surface area contributed by atoms with Gasteiger partial charge in [-0.25, -0.2) is 8.42 Å². The summed E-state index contributed by atoms with van der Waals surface area (Å²) in [5.41, 5.74) is 1.16. The first-order chi connectivity index (χ1) is 14.8. The summed E-state index contributed by atoms with van der Waals surface area (Å²) in [6.45, 7) is 0.187. The summed E-state index contributed by atoms with van der Waals surface area (Å²) in [6, 6.07) is 9.91. The van der Waals surface area contributed by atoms with Crippen molar-refractivity contribution in [3.05, 3.63) is 47.5 Å². The third kappa shape index (κ3) is 5.04. The predicted octanol–water partition coefficient (Wildman–Crippen LogP) is 2.55. The molecule has 168 valence electrons. The summed E-state index contributed by atoms with van der Waals surface area (Å²) in [5.74, 6) is 1.66. The molecule has 31 heavy (non-hydrogen) atoms. The van der Waals surface area contributed by atoms with Crippen LogP contribution in [0.4, 0.5) is 0 Å². The minimum Gasteiger partial charge on any atom is -0.497 e. The fourth-order valence-corrected chi connectivity index (χ4v) is 5.46. The van der Waals surface area contributed by atoms with Crippen molar-refractivity contribution in [2.45, 2.75) is 19.0 Å². The molecule has 1 fully saturated rings. The second kappa shape index (κ2) is 9.47. The van der Waals surface area contributed by atoms with E-state index in [1.54, 1.807) is 41.3 Å². The summed E-state index contributed by atoms with van der Waals surface area (Å²) < 4.78 is 45.7. The van der Waals surface area contributed by atoms with Gasteiger partial charge in [0.15, 0.2) is 21.3 Å². The number of carbonyl (C=O) groups is 1. The Morgan fingerprint density at radius 3 is 2.19 bits per heavy atom. The monoisotopic (exact) mass is 449 g/mol. The summed E-state index contributed by atoms with van der Waals surface area (Å²) in [6.07, 6.45) is 0.391. The molecule has 1 heterocycles. The van der Waals surface area contributed by atoms with E-state index < -0.39 is 15.9 Å². The zero-order valence-corrected chi connectivity index (χ0v) is 18.9. The number of hydrogen-bond acceptors (Lipinski definition) is 7. The first-order valence-corrected chi connectivity index (χ1v) is 11.6. The van der Waals surface area contributed by atoms with E-state index in [2.05, 4.69) is 0 Å². The van der Waals surface area contributed by atoms with Gasteiger partial charge >= 0.3 is 0 Å². The molecular weight excluding hydrogens is 422 g/mol. The van der Waals surface area contributed by atoms with Gasteiger partial charge in [0.05, 0.1) is 39.9 Å². The topological polar surface area (TPSA) is 91.4 Å². The van der Waals surface area contributed by atoms with Crippen molar-refractivity contribution in [3.8, 4) is 23.0 Å². The highest BCUT2D eigenvalue weighted by atomic mass is 32.2. The number of amides is 1. The highest BCUT2D eigenvalue weighted by Gasteiger charge is 2.35. The van der Waals surface area contributed by atoms with Gasteiger partial charge in [-0.1, -0.05) is 6.07 Å². The fraction of sp³-hybridized carbons (Fsp3) is 0.409. The van der Waals surface area contributed by atoms with Gasteiger partial charge in [-0.3, -0.25) is 4.79 Å². The largest absolute Gasteiger partial charge is 0.497 e. The van der Waals surface area contributed by atoms with Gasteiger partial charge in [0.2, 0.25) is 5.75 Å². The average Bonchev–Trinajstić information content (AvgIpc) is 3.15. The molecular formula is C22H27NO7S. The number of nitrogens with zero attached hydrogens (tertiary/aromatic N) is 1. The Bertz CT molecular complexity index is 1030. The quantitative estimate of drug-likeness (QED) is 0.612. The molecule has 0 spiro atoms. The highest BCUT2D eigenvalue weighted by Crippen LogP contribution is 2.39. The molecule has 2 aromatic rings. The zero-order valence-electron chi connectivity index (χ0n) is 18.1. The average molecular weight is 450 g/mol. The molecule has 2 aromatic carbocycles. The van der Waals surface area contributed by atoms with E-state index in [1.807, 2.05) is 0 Å². The van der Waals surface area contributed by atoms with Crippen LogP contribution in [0.5, 0.6) is 23.0 Å². The molecule has 3 rings (SSSR count). The summed E-state index contributed by atoms with van der Waals surface area (Å²) in [7, 11) is 2.89. The number of methoxy groups -OCH3 is 4. The van der Waals surface area contributed by atoms with Crippen LogP contribution in [0.3, 0.4) is 0 Å². The Labute approximate surface area is 182 Å². The Balaban J connectivity index is 2.00. The lowest BCUT2D eigenvalue weighted by Gasteiger charge is -2.29. The lowest BCUT2D eigenvalue weighted by molar-refractivity contribution is 0.0680. The molecule has 1 aliphatic rings. The van der Waals surface area contributed by atoms with Crippen LogP contribution < -0.4 is 18.9 Å². The van der Waals surface area contributed by atoms with Crippen molar-refractivity contribution in [2.24, 2.45) is 0 Å². The predicted molar refractivity (Wildman–Crippen MR) is 116 cm³/mol. The first kappa shape index (κ1) is 22.7. The number of benzene rings is 2. The maximum atomic E-state index is 13.4. The summed E-state index contributed by atoms with van der Waals surface area (Å²) in [4.78, 5) is 15.0. The van der Waals surface area contributed by atoms with Crippen LogP contribution in [0.15, 0.2) is 36.4 Å². The maximum Gasteiger partial charge on any atom is 0.254 e.